The summed E-state index contributed by atoms with van der Waals surface area (Å²) in [5.74, 6) is -4.98. The van der Waals surface area contributed by atoms with E-state index in [1.54, 1.807) is 0 Å². The van der Waals surface area contributed by atoms with Gasteiger partial charge in [-0.25, -0.2) is 13.2 Å². The molecule has 0 aromatic heterocycles. The predicted molar refractivity (Wildman–Crippen MR) is 72.2 cm³/mol. The minimum atomic E-state index is -1.26. The summed E-state index contributed by atoms with van der Waals surface area (Å²) < 4.78 is 60.4. The molecular weight excluding hydrogens is 284 g/mol. The number of rotatable bonds is 4. The van der Waals surface area contributed by atoms with E-state index in [4.69, 9.17) is 4.74 Å². The molecular formula is C16H14F4O. The van der Waals surface area contributed by atoms with Gasteiger partial charge in [0.25, 0.3) is 0 Å². The highest BCUT2D eigenvalue weighted by Gasteiger charge is 2.20. The first-order valence-electron chi connectivity index (χ1n) is 6.53. The van der Waals surface area contributed by atoms with E-state index < -0.39 is 23.3 Å². The maximum absolute atomic E-state index is 14.0. The third-order valence-electron chi connectivity index (χ3n) is 3.07. The number of hydrogen-bond acceptors (Lipinski definition) is 1. The first kappa shape index (κ1) is 15.4. The molecule has 0 amide bonds. The van der Waals surface area contributed by atoms with Crippen LogP contribution in [0.4, 0.5) is 17.6 Å². The minimum absolute atomic E-state index is 0.0972. The summed E-state index contributed by atoms with van der Waals surface area (Å²) in [6, 6.07) is 4.92. The van der Waals surface area contributed by atoms with Gasteiger partial charge in [0.05, 0.1) is 6.61 Å². The van der Waals surface area contributed by atoms with Crippen LogP contribution >= 0.6 is 0 Å². The highest BCUT2D eigenvalue weighted by molar-refractivity contribution is 5.66. The Morgan fingerprint density at radius 3 is 2.00 bits per heavy atom. The quantitative estimate of drug-likeness (QED) is 0.721. The Bertz CT molecular complexity index is 668. The summed E-state index contributed by atoms with van der Waals surface area (Å²) in [5, 5.41) is 0. The van der Waals surface area contributed by atoms with E-state index in [1.807, 2.05) is 6.92 Å². The third kappa shape index (κ3) is 2.86. The Morgan fingerprint density at radius 2 is 1.38 bits per heavy atom. The predicted octanol–water partition coefficient (Wildman–Crippen LogP) is 5.01. The van der Waals surface area contributed by atoms with Gasteiger partial charge in [-0.1, -0.05) is 19.1 Å². The SMILES string of the molecule is CCCOc1ccc(-c2ccc(C)c(F)c2F)c(F)c1F. The minimum Gasteiger partial charge on any atom is -0.490 e. The largest absolute Gasteiger partial charge is 0.490 e. The van der Waals surface area contributed by atoms with Gasteiger partial charge in [-0.3, -0.25) is 0 Å². The monoisotopic (exact) mass is 298 g/mol. The van der Waals surface area contributed by atoms with Crippen molar-refractivity contribution in [3.63, 3.8) is 0 Å². The van der Waals surface area contributed by atoms with Gasteiger partial charge in [-0.15, -0.1) is 0 Å². The molecule has 2 rings (SSSR count). The number of ether oxygens (including phenoxy) is 1. The molecule has 0 atom stereocenters. The summed E-state index contributed by atoms with van der Waals surface area (Å²) in [6.07, 6.45) is 0.639. The zero-order valence-corrected chi connectivity index (χ0v) is 11.6. The van der Waals surface area contributed by atoms with E-state index in [9.17, 15) is 17.6 Å². The molecule has 0 N–H and O–H groups in total. The van der Waals surface area contributed by atoms with Gasteiger partial charge in [0.15, 0.2) is 23.2 Å². The van der Waals surface area contributed by atoms with E-state index in [-0.39, 0.29) is 29.0 Å². The summed E-state index contributed by atoms with van der Waals surface area (Å²) >= 11 is 0. The molecule has 0 aliphatic heterocycles. The summed E-state index contributed by atoms with van der Waals surface area (Å²) in [5.41, 5.74) is -0.565. The lowest BCUT2D eigenvalue weighted by Crippen LogP contribution is -2.01. The van der Waals surface area contributed by atoms with Gasteiger partial charge < -0.3 is 4.74 Å². The second-order valence-electron chi connectivity index (χ2n) is 4.65. The highest BCUT2D eigenvalue weighted by atomic mass is 19.2. The fourth-order valence-electron chi connectivity index (χ4n) is 1.92. The zero-order chi connectivity index (χ0) is 15.6. The molecule has 112 valence electrons. The van der Waals surface area contributed by atoms with Crippen LogP contribution in [0.3, 0.4) is 0 Å². The maximum Gasteiger partial charge on any atom is 0.201 e. The van der Waals surface area contributed by atoms with Crippen LogP contribution in [0.5, 0.6) is 5.75 Å². The smallest absolute Gasteiger partial charge is 0.201 e. The number of halogens is 4. The van der Waals surface area contributed by atoms with Crippen LogP contribution in [0.2, 0.25) is 0 Å². The maximum atomic E-state index is 14.0. The van der Waals surface area contributed by atoms with Crippen LogP contribution < -0.4 is 4.74 Å². The second kappa shape index (κ2) is 6.16. The Labute approximate surface area is 120 Å². The van der Waals surface area contributed by atoms with E-state index >= 15 is 0 Å². The molecule has 0 bridgehead atoms. The van der Waals surface area contributed by atoms with Gasteiger partial charge in [-0.05, 0) is 31.0 Å². The van der Waals surface area contributed by atoms with E-state index in [0.29, 0.717) is 6.42 Å². The van der Waals surface area contributed by atoms with E-state index in [2.05, 4.69) is 0 Å². The lowest BCUT2D eigenvalue weighted by molar-refractivity contribution is 0.295. The third-order valence-corrected chi connectivity index (χ3v) is 3.07. The standard InChI is InChI=1S/C16H14F4O/c1-3-8-21-12-7-6-11(15(19)16(12)20)10-5-4-9(2)13(17)14(10)18/h4-7H,3,8H2,1-2H3. The molecule has 0 unspecified atom stereocenters. The van der Waals surface area contributed by atoms with Crippen molar-refractivity contribution in [2.75, 3.05) is 6.61 Å². The van der Waals surface area contributed by atoms with Gasteiger partial charge in [0, 0.05) is 11.1 Å². The van der Waals surface area contributed by atoms with Crippen molar-refractivity contribution in [2.45, 2.75) is 20.3 Å². The van der Waals surface area contributed by atoms with Crippen LogP contribution in [-0.4, -0.2) is 6.61 Å². The molecule has 5 heteroatoms. The first-order chi connectivity index (χ1) is 9.97. The topological polar surface area (TPSA) is 9.23 Å². The van der Waals surface area contributed by atoms with Crippen molar-refractivity contribution in [1.82, 2.24) is 0 Å². The van der Waals surface area contributed by atoms with Crippen molar-refractivity contribution >= 4 is 0 Å². The zero-order valence-electron chi connectivity index (χ0n) is 11.6. The fraction of sp³-hybridized carbons (Fsp3) is 0.250. The molecule has 21 heavy (non-hydrogen) atoms. The number of benzene rings is 2. The highest BCUT2D eigenvalue weighted by Crippen LogP contribution is 2.32. The van der Waals surface area contributed by atoms with Crippen molar-refractivity contribution in [1.29, 1.82) is 0 Å². The van der Waals surface area contributed by atoms with Crippen LogP contribution in [0, 0.1) is 30.2 Å². The van der Waals surface area contributed by atoms with Crippen molar-refractivity contribution in [3.05, 3.63) is 53.1 Å². The molecule has 0 heterocycles. The number of hydrogen-bond donors (Lipinski definition) is 0. The second-order valence-corrected chi connectivity index (χ2v) is 4.65. The lowest BCUT2D eigenvalue weighted by Gasteiger charge is -2.11. The summed E-state index contributed by atoms with van der Waals surface area (Å²) in [7, 11) is 0. The molecule has 0 aliphatic carbocycles. The normalized spacial score (nSPS) is 10.8. The van der Waals surface area contributed by atoms with Crippen molar-refractivity contribution in [2.24, 2.45) is 0 Å². The van der Waals surface area contributed by atoms with Gasteiger partial charge in [0.2, 0.25) is 5.82 Å². The van der Waals surface area contributed by atoms with Crippen LogP contribution in [0.1, 0.15) is 18.9 Å². The Morgan fingerprint density at radius 1 is 0.810 bits per heavy atom. The summed E-state index contributed by atoms with van der Waals surface area (Å²) in [6.45, 7) is 3.46. The Balaban J connectivity index is 2.51. The molecule has 2 aromatic carbocycles. The first-order valence-corrected chi connectivity index (χ1v) is 6.53. The molecule has 0 radical (unpaired) electrons. The molecule has 0 saturated heterocycles. The number of aryl methyl sites for hydroxylation is 1. The lowest BCUT2D eigenvalue weighted by atomic mass is 10.0. The Kier molecular flexibility index (Phi) is 4.50. The molecule has 0 fully saturated rings. The van der Waals surface area contributed by atoms with Gasteiger partial charge >= 0.3 is 0 Å². The van der Waals surface area contributed by atoms with Crippen molar-refractivity contribution < 1.29 is 22.3 Å². The van der Waals surface area contributed by atoms with E-state index in [1.165, 1.54) is 31.2 Å². The van der Waals surface area contributed by atoms with E-state index in [0.717, 1.165) is 0 Å². The van der Waals surface area contributed by atoms with Gasteiger partial charge in [0.1, 0.15) is 0 Å². The molecule has 0 spiro atoms. The van der Waals surface area contributed by atoms with Crippen LogP contribution in [0.15, 0.2) is 24.3 Å². The average Bonchev–Trinajstić information content (AvgIpc) is 2.47. The van der Waals surface area contributed by atoms with Crippen molar-refractivity contribution in [3.8, 4) is 16.9 Å². The molecule has 1 nitrogen and oxygen atoms in total. The molecule has 0 aliphatic rings. The average molecular weight is 298 g/mol. The van der Waals surface area contributed by atoms with Gasteiger partial charge in [-0.2, -0.15) is 4.39 Å². The van der Waals surface area contributed by atoms with Crippen LogP contribution in [-0.2, 0) is 0 Å². The molecule has 2 aromatic rings. The fourth-order valence-corrected chi connectivity index (χ4v) is 1.92. The Hall–Kier alpha value is -2.04. The van der Waals surface area contributed by atoms with Crippen LogP contribution in [0.25, 0.3) is 11.1 Å². The summed E-state index contributed by atoms with van der Waals surface area (Å²) in [4.78, 5) is 0. The molecule has 0 saturated carbocycles.